The molecular weight excluding hydrogens is 236 g/mol. The Morgan fingerprint density at radius 3 is 2.50 bits per heavy atom. The topological polar surface area (TPSA) is 78.9 Å². The molecule has 0 aliphatic carbocycles. The van der Waals surface area contributed by atoms with Gasteiger partial charge in [-0.3, -0.25) is 0 Å². The Balaban J connectivity index is 2.40. The van der Waals surface area contributed by atoms with Gasteiger partial charge in [0.15, 0.2) is 0 Å². The molecule has 6 heteroatoms. The molecule has 1 aliphatic heterocycles. The molecule has 104 valence electrons. The molecule has 0 radical (unpaired) electrons. The van der Waals surface area contributed by atoms with Crippen molar-refractivity contribution in [3.8, 4) is 0 Å². The highest BCUT2D eigenvalue weighted by molar-refractivity contribution is 5.68. The first-order valence-electron chi connectivity index (χ1n) is 6.16. The number of carbonyl (C=O) groups excluding carboxylic acids is 1. The molecule has 0 aromatic rings. The van der Waals surface area contributed by atoms with Gasteiger partial charge < -0.3 is 20.1 Å². The van der Waals surface area contributed by atoms with E-state index in [1.807, 2.05) is 6.92 Å². The van der Waals surface area contributed by atoms with Crippen molar-refractivity contribution in [3.05, 3.63) is 0 Å². The second kappa shape index (κ2) is 5.46. The third-order valence-electron chi connectivity index (χ3n) is 2.95. The van der Waals surface area contributed by atoms with Crippen molar-refractivity contribution >= 4 is 12.2 Å². The second-order valence-electron chi connectivity index (χ2n) is 5.71. The van der Waals surface area contributed by atoms with E-state index >= 15 is 0 Å². The molecule has 0 aromatic carbocycles. The predicted octanol–water partition coefficient (Wildman–Crippen LogP) is 1.90. The van der Waals surface area contributed by atoms with E-state index in [9.17, 15) is 9.59 Å². The van der Waals surface area contributed by atoms with Crippen LogP contribution in [0.15, 0.2) is 0 Å². The maximum Gasteiger partial charge on any atom is 0.407 e. The smallest absolute Gasteiger partial charge is 0.407 e. The van der Waals surface area contributed by atoms with Crippen LogP contribution >= 0.6 is 0 Å². The molecule has 1 unspecified atom stereocenters. The molecule has 6 nitrogen and oxygen atoms in total. The first kappa shape index (κ1) is 14.6. The van der Waals surface area contributed by atoms with Crippen LogP contribution in [0.2, 0.25) is 0 Å². The fourth-order valence-corrected chi connectivity index (χ4v) is 1.98. The third kappa shape index (κ3) is 4.43. The molecule has 18 heavy (non-hydrogen) atoms. The fourth-order valence-electron chi connectivity index (χ4n) is 1.98. The minimum Gasteiger partial charge on any atom is -0.465 e. The van der Waals surface area contributed by atoms with E-state index in [1.54, 1.807) is 20.8 Å². The van der Waals surface area contributed by atoms with Crippen molar-refractivity contribution < 1.29 is 19.4 Å². The molecule has 1 fully saturated rings. The van der Waals surface area contributed by atoms with Crippen molar-refractivity contribution in [1.29, 1.82) is 0 Å². The maximum absolute atomic E-state index is 11.6. The Morgan fingerprint density at radius 2 is 2.06 bits per heavy atom. The summed E-state index contributed by atoms with van der Waals surface area (Å²) in [4.78, 5) is 23.7. The molecule has 0 bridgehead atoms. The highest BCUT2D eigenvalue weighted by Crippen LogP contribution is 2.20. The van der Waals surface area contributed by atoms with E-state index in [-0.39, 0.29) is 12.0 Å². The summed E-state index contributed by atoms with van der Waals surface area (Å²) in [7, 11) is 0. The molecule has 1 saturated heterocycles. The first-order valence-corrected chi connectivity index (χ1v) is 6.16. The molecule has 1 heterocycles. The van der Waals surface area contributed by atoms with Crippen LogP contribution in [0, 0.1) is 5.92 Å². The van der Waals surface area contributed by atoms with Crippen molar-refractivity contribution in [3.63, 3.8) is 0 Å². The minimum atomic E-state index is -0.901. The van der Waals surface area contributed by atoms with E-state index in [4.69, 9.17) is 9.84 Å². The molecule has 2 amide bonds. The molecule has 0 saturated carbocycles. The van der Waals surface area contributed by atoms with Gasteiger partial charge in [-0.25, -0.2) is 9.59 Å². The van der Waals surface area contributed by atoms with Crippen LogP contribution in [0.1, 0.15) is 34.1 Å². The molecule has 2 N–H and O–H groups in total. The van der Waals surface area contributed by atoms with Crippen LogP contribution in [0.5, 0.6) is 0 Å². The Kier molecular flexibility index (Phi) is 4.43. The van der Waals surface area contributed by atoms with Crippen LogP contribution in [0.3, 0.4) is 0 Å². The third-order valence-corrected chi connectivity index (χ3v) is 2.95. The highest BCUT2D eigenvalue weighted by Gasteiger charge is 2.31. The summed E-state index contributed by atoms with van der Waals surface area (Å²) in [5.74, 6) is 0.147. The van der Waals surface area contributed by atoms with Gasteiger partial charge in [-0.05, 0) is 40.0 Å². The highest BCUT2D eigenvalue weighted by atomic mass is 16.6. The van der Waals surface area contributed by atoms with Gasteiger partial charge in [0.1, 0.15) is 5.60 Å². The van der Waals surface area contributed by atoms with Crippen LogP contribution < -0.4 is 5.32 Å². The number of nitrogens with one attached hydrogen (secondary N) is 1. The van der Waals surface area contributed by atoms with Crippen LogP contribution in [-0.2, 0) is 4.74 Å². The number of hydrogen-bond donors (Lipinski definition) is 2. The average molecular weight is 258 g/mol. The monoisotopic (exact) mass is 258 g/mol. The van der Waals surface area contributed by atoms with Crippen LogP contribution in [0.4, 0.5) is 9.59 Å². The first-order chi connectivity index (χ1) is 8.19. The Hall–Kier alpha value is -1.46. The lowest BCUT2D eigenvalue weighted by molar-refractivity contribution is 0.0493. The molecule has 2 atom stereocenters. The normalized spacial score (nSPS) is 21.6. The zero-order chi connectivity index (χ0) is 13.9. The summed E-state index contributed by atoms with van der Waals surface area (Å²) in [6, 6.07) is -0.0933. The Morgan fingerprint density at radius 1 is 1.44 bits per heavy atom. The number of nitrogens with zero attached hydrogens (tertiary/aromatic N) is 1. The Labute approximate surface area is 107 Å². The summed E-state index contributed by atoms with van der Waals surface area (Å²) in [6.45, 7) is 8.28. The number of ether oxygens (including phenoxy) is 1. The van der Waals surface area contributed by atoms with Crippen molar-refractivity contribution in [2.45, 2.75) is 45.8 Å². The average Bonchev–Trinajstić information content (AvgIpc) is 2.62. The standard InChI is InChI=1S/C12H22N2O4/c1-8(13-10(15)18-12(2,3)4)9-5-6-14(7-9)11(16)17/h8-9H,5-7H2,1-4H3,(H,13,15)(H,16,17)/t8-,9?/m0/s1. The second-order valence-corrected chi connectivity index (χ2v) is 5.71. The number of amides is 2. The van der Waals surface area contributed by atoms with Crippen molar-refractivity contribution in [2.75, 3.05) is 13.1 Å². The van der Waals surface area contributed by atoms with E-state index in [0.29, 0.717) is 13.1 Å². The summed E-state index contributed by atoms with van der Waals surface area (Å²) >= 11 is 0. The molecule has 0 spiro atoms. The van der Waals surface area contributed by atoms with Gasteiger partial charge in [-0.2, -0.15) is 0 Å². The van der Waals surface area contributed by atoms with E-state index in [0.717, 1.165) is 6.42 Å². The minimum absolute atomic E-state index is 0.0933. The number of carbonyl (C=O) groups is 2. The number of likely N-dealkylation sites (tertiary alicyclic amines) is 1. The number of alkyl carbamates (subject to hydrolysis) is 1. The van der Waals surface area contributed by atoms with Crippen LogP contribution in [0.25, 0.3) is 0 Å². The summed E-state index contributed by atoms with van der Waals surface area (Å²) in [6.07, 6.45) is -0.589. The molecule has 0 aromatic heterocycles. The Bertz CT molecular complexity index is 325. The lowest BCUT2D eigenvalue weighted by Gasteiger charge is -2.24. The number of rotatable bonds is 2. The fraction of sp³-hybridized carbons (Fsp3) is 0.833. The largest absolute Gasteiger partial charge is 0.465 e. The van der Waals surface area contributed by atoms with Crippen molar-refractivity contribution in [2.24, 2.45) is 5.92 Å². The maximum atomic E-state index is 11.6. The van der Waals surface area contributed by atoms with Gasteiger partial charge in [0, 0.05) is 19.1 Å². The van der Waals surface area contributed by atoms with Gasteiger partial charge in [-0.1, -0.05) is 0 Å². The summed E-state index contributed by atoms with van der Waals surface area (Å²) in [5, 5.41) is 11.6. The van der Waals surface area contributed by atoms with Crippen LogP contribution in [-0.4, -0.2) is 46.9 Å². The zero-order valence-corrected chi connectivity index (χ0v) is 11.4. The summed E-state index contributed by atoms with van der Waals surface area (Å²) < 4.78 is 5.16. The lowest BCUT2D eigenvalue weighted by Crippen LogP contribution is -2.42. The lowest BCUT2D eigenvalue weighted by atomic mass is 10.0. The van der Waals surface area contributed by atoms with Gasteiger partial charge >= 0.3 is 12.2 Å². The SMILES string of the molecule is C[C@H](NC(=O)OC(C)(C)C)C1CCN(C(=O)O)C1. The quantitative estimate of drug-likeness (QED) is 0.793. The molecule has 1 aliphatic rings. The number of carboxylic acid groups (broad SMARTS) is 1. The van der Waals surface area contributed by atoms with E-state index in [1.165, 1.54) is 4.90 Å². The van der Waals surface area contributed by atoms with Gasteiger partial charge in [0.05, 0.1) is 0 Å². The van der Waals surface area contributed by atoms with Crippen molar-refractivity contribution in [1.82, 2.24) is 10.2 Å². The molecular formula is C12H22N2O4. The van der Waals surface area contributed by atoms with Gasteiger partial charge in [0.2, 0.25) is 0 Å². The van der Waals surface area contributed by atoms with Gasteiger partial charge in [-0.15, -0.1) is 0 Å². The molecule has 1 rings (SSSR count). The number of hydrogen-bond acceptors (Lipinski definition) is 3. The summed E-state index contributed by atoms with van der Waals surface area (Å²) in [5.41, 5.74) is -0.521. The zero-order valence-electron chi connectivity index (χ0n) is 11.4. The van der Waals surface area contributed by atoms with Gasteiger partial charge in [0.25, 0.3) is 0 Å². The van der Waals surface area contributed by atoms with E-state index < -0.39 is 17.8 Å². The predicted molar refractivity (Wildman–Crippen MR) is 66.5 cm³/mol. The van der Waals surface area contributed by atoms with E-state index in [2.05, 4.69) is 5.32 Å².